The van der Waals surface area contributed by atoms with E-state index in [9.17, 15) is 32.7 Å². The monoisotopic (exact) mass is 568 g/mol. The van der Waals surface area contributed by atoms with Gasteiger partial charge >= 0.3 is 12.1 Å². The van der Waals surface area contributed by atoms with Gasteiger partial charge in [0.25, 0.3) is 11.8 Å². The quantitative estimate of drug-likeness (QED) is 0.183. The van der Waals surface area contributed by atoms with E-state index in [0.717, 1.165) is 28.7 Å². The molecule has 38 heavy (non-hydrogen) atoms. The first-order chi connectivity index (χ1) is 17.9. The number of carboxylic acids is 1. The van der Waals surface area contributed by atoms with Gasteiger partial charge in [0.2, 0.25) is 0 Å². The minimum Gasteiger partial charge on any atom is -0.481 e. The SMILES string of the molecule is C=CCOC(=O)Nc1nc(/C(=N/OC)C(=O)N[C@H]2CN3CC(S(C)(=O)=O)=C(C(C=C)C(=O)O)N3C2=O)cs1. The summed E-state index contributed by atoms with van der Waals surface area (Å²) in [7, 11) is -2.66. The van der Waals surface area contributed by atoms with Crippen LogP contribution in [0.4, 0.5) is 9.93 Å². The number of oxime groups is 1. The third kappa shape index (κ3) is 5.90. The number of hydrogen-bond donors (Lipinski definition) is 3. The minimum atomic E-state index is -3.86. The molecule has 15 nitrogen and oxygen atoms in total. The van der Waals surface area contributed by atoms with E-state index in [0.29, 0.717) is 0 Å². The summed E-state index contributed by atoms with van der Waals surface area (Å²) >= 11 is 0.974. The van der Waals surface area contributed by atoms with Crippen LogP contribution < -0.4 is 10.6 Å². The van der Waals surface area contributed by atoms with Crippen LogP contribution >= 0.6 is 11.3 Å². The van der Waals surface area contributed by atoms with Crippen molar-refractivity contribution in [1.29, 1.82) is 0 Å². The first-order valence-electron chi connectivity index (χ1n) is 10.7. The van der Waals surface area contributed by atoms with Crippen LogP contribution in [-0.2, 0) is 33.8 Å². The van der Waals surface area contributed by atoms with E-state index < -0.39 is 45.7 Å². The Morgan fingerprint density at radius 2 is 2.11 bits per heavy atom. The van der Waals surface area contributed by atoms with Crippen LogP contribution in [0.2, 0.25) is 0 Å². The number of anilines is 1. The number of carbonyl (C=O) groups excluding carboxylic acids is 3. The summed E-state index contributed by atoms with van der Waals surface area (Å²) < 4.78 is 29.5. The molecular formula is C21H24N6O9S2. The fourth-order valence-corrected chi connectivity index (χ4v) is 5.36. The second-order valence-corrected chi connectivity index (χ2v) is 10.7. The first-order valence-corrected chi connectivity index (χ1v) is 13.5. The van der Waals surface area contributed by atoms with Crippen molar-refractivity contribution < 1.29 is 42.3 Å². The standard InChI is InChI=1S/C21H24N6O9S2/c1-5-7-36-21(32)24-20-23-13(10-37-20)15(25-35-3)17(28)22-12-8-26-9-14(38(4,33)34)16(27(26)18(12)29)11(6-2)19(30)31/h5-6,10-12H,1-2,7-9H2,3-4H3,(H,22,28)(H,30,31)(H,23,24,32)/b25-15-/t11?,12-/m0/s1. The molecule has 0 spiro atoms. The van der Waals surface area contributed by atoms with Gasteiger partial charge in [0.1, 0.15) is 31.4 Å². The lowest BCUT2D eigenvalue weighted by molar-refractivity contribution is -0.141. The molecule has 1 saturated heterocycles. The molecule has 2 aliphatic heterocycles. The van der Waals surface area contributed by atoms with E-state index in [4.69, 9.17) is 9.57 Å². The number of ether oxygens (including phenoxy) is 1. The van der Waals surface area contributed by atoms with E-state index in [1.807, 2.05) is 0 Å². The van der Waals surface area contributed by atoms with Crippen molar-refractivity contribution in [1.82, 2.24) is 20.3 Å². The van der Waals surface area contributed by atoms with Crippen molar-refractivity contribution in [3.05, 3.63) is 47.0 Å². The fraction of sp³-hybridized carbons (Fsp3) is 0.333. The molecule has 2 aliphatic rings. The number of hydrazine groups is 1. The summed E-state index contributed by atoms with van der Waals surface area (Å²) in [5.74, 6) is -4.48. The molecule has 0 aromatic carbocycles. The number of fused-ring (bicyclic) bond motifs is 1. The molecule has 2 atom stereocenters. The fourth-order valence-electron chi connectivity index (χ4n) is 3.70. The number of amides is 3. The number of thiazole rings is 1. The molecule has 204 valence electrons. The van der Waals surface area contributed by atoms with Gasteiger partial charge in [0.15, 0.2) is 20.7 Å². The molecule has 0 bridgehead atoms. The lowest BCUT2D eigenvalue weighted by Crippen LogP contribution is -2.46. The summed E-state index contributed by atoms with van der Waals surface area (Å²) in [5.41, 5.74) is -0.536. The summed E-state index contributed by atoms with van der Waals surface area (Å²) in [4.78, 5) is 58.4. The van der Waals surface area contributed by atoms with E-state index in [1.54, 1.807) is 0 Å². The molecule has 0 radical (unpaired) electrons. The molecular weight excluding hydrogens is 544 g/mol. The van der Waals surface area contributed by atoms with Crippen molar-refractivity contribution in [2.45, 2.75) is 6.04 Å². The third-order valence-corrected chi connectivity index (χ3v) is 7.25. The molecule has 3 rings (SSSR count). The molecule has 1 aromatic heterocycles. The van der Waals surface area contributed by atoms with E-state index >= 15 is 0 Å². The highest BCUT2D eigenvalue weighted by atomic mass is 32.2. The van der Waals surface area contributed by atoms with Gasteiger partial charge in [-0.2, -0.15) is 0 Å². The first kappa shape index (κ1) is 28.5. The maximum absolute atomic E-state index is 13.2. The van der Waals surface area contributed by atoms with Crippen LogP contribution in [0, 0.1) is 5.92 Å². The van der Waals surface area contributed by atoms with E-state index in [-0.39, 0.29) is 46.8 Å². The average molecular weight is 569 g/mol. The molecule has 1 unspecified atom stereocenters. The van der Waals surface area contributed by atoms with Gasteiger partial charge in [-0.3, -0.25) is 19.7 Å². The second kappa shape index (κ2) is 11.5. The highest BCUT2D eigenvalue weighted by Gasteiger charge is 2.50. The topological polar surface area (TPSA) is 197 Å². The van der Waals surface area contributed by atoms with E-state index in [1.165, 1.54) is 23.6 Å². The van der Waals surface area contributed by atoms with Crippen LogP contribution in [0.3, 0.4) is 0 Å². The Morgan fingerprint density at radius 1 is 1.39 bits per heavy atom. The average Bonchev–Trinajstić information content (AvgIpc) is 3.52. The Bertz CT molecular complexity index is 1350. The Labute approximate surface area is 221 Å². The van der Waals surface area contributed by atoms with Crippen molar-refractivity contribution >= 4 is 55.9 Å². The molecule has 1 fully saturated rings. The zero-order valence-electron chi connectivity index (χ0n) is 20.2. The van der Waals surface area contributed by atoms with Gasteiger partial charge in [-0.15, -0.1) is 17.9 Å². The summed E-state index contributed by atoms with van der Waals surface area (Å²) in [5, 5.41) is 21.9. The largest absolute Gasteiger partial charge is 0.481 e. The third-order valence-electron chi connectivity index (χ3n) is 5.26. The number of rotatable bonds is 11. The Hall–Kier alpha value is -4.09. The maximum atomic E-state index is 13.2. The second-order valence-electron chi connectivity index (χ2n) is 7.83. The predicted octanol–water partition coefficient (Wildman–Crippen LogP) is -0.0713. The van der Waals surface area contributed by atoms with Crippen LogP contribution in [0.1, 0.15) is 5.69 Å². The van der Waals surface area contributed by atoms with Gasteiger partial charge in [-0.05, 0) is 0 Å². The zero-order valence-corrected chi connectivity index (χ0v) is 21.9. The van der Waals surface area contributed by atoms with Gasteiger partial charge in [0, 0.05) is 18.2 Å². The number of hydrogen-bond acceptors (Lipinski definition) is 12. The summed E-state index contributed by atoms with van der Waals surface area (Å²) in [6, 6.07) is -1.18. The number of sulfone groups is 1. The molecule has 0 aliphatic carbocycles. The molecule has 17 heteroatoms. The van der Waals surface area contributed by atoms with Gasteiger partial charge in [0.05, 0.1) is 17.1 Å². The smallest absolute Gasteiger partial charge is 0.413 e. The Balaban J connectivity index is 1.81. The van der Waals surface area contributed by atoms with Crippen molar-refractivity contribution in [3.8, 4) is 0 Å². The minimum absolute atomic E-state index is 0.0189. The Kier molecular flexibility index (Phi) is 8.64. The highest BCUT2D eigenvalue weighted by molar-refractivity contribution is 7.94. The molecule has 3 amide bonds. The Morgan fingerprint density at radius 3 is 2.68 bits per heavy atom. The number of nitrogens with one attached hydrogen (secondary N) is 2. The number of aromatic nitrogens is 1. The van der Waals surface area contributed by atoms with Crippen LogP contribution in [0.5, 0.6) is 0 Å². The van der Waals surface area contributed by atoms with Crippen LogP contribution in [0.15, 0.2) is 46.4 Å². The number of carbonyl (C=O) groups is 4. The van der Waals surface area contributed by atoms with Gasteiger partial charge < -0.3 is 20.0 Å². The maximum Gasteiger partial charge on any atom is 0.413 e. The number of nitrogens with zero attached hydrogens (tertiary/aromatic N) is 4. The number of aliphatic carboxylic acids is 1. The summed E-state index contributed by atoms with van der Waals surface area (Å²) in [6.45, 7) is 6.46. The van der Waals surface area contributed by atoms with Crippen LogP contribution in [0.25, 0.3) is 0 Å². The molecule has 3 heterocycles. The van der Waals surface area contributed by atoms with Gasteiger partial charge in [-0.1, -0.05) is 23.9 Å². The highest BCUT2D eigenvalue weighted by Crippen LogP contribution is 2.36. The van der Waals surface area contributed by atoms with E-state index in [2.05, 4.69) is 33.9 Å². The normalized spacial score (nSPS) is 18.6. The van der Waals surface area contributed by atoms with Crippen molar-refractivity contribution in [3.63, 3.8) is 0 Å². The predicted molar refractivity (Wildman–Crippen MR) is 134 cm³/mol. The molecule has 3 N–H and O–H groups in total. The van der Waals surface area contributed by atoms with Crippen LogP contribution in [-0.4, -0.2) is 97.2 Å². The molecule has 0 saturated carbocycles. The van der Waals surface area contributed by atoms with Crippen molar-refractivity contribution in [2.75, 3.05) is 38.4 Å². The van der Waals surface area contributed by atoms with Gasteiger partial charge in [-0.25, -0.2) is 28.2 Å². The lowest BCUT2D eigenvalue weighted by Gasteiger charge is -2.24. The number of carboxylic acid groups (broad SMARTS) is 1. The summed E-state index contributed by atoms with van der Waals surface area (Å²) in [6.07, 6.45) is 2.53. The molecule has 1 aromatic rings. The zero-order chi connectivity index (χ0) is 28.2. The van der Waals surface area contributed by atoms with Crippen molar-refractivity contribution in [2.24, 2.45) is 11.1 Å². The lowest BCUT2D eigenvalue weighted by atomic mass is 10.1.